The number of piperidine rings is 1. The van der Waals surface area contributed by atoms with Gasteiger partial charge < -0.3 is 5.73 Å². The normalized spacial score (nSPS) is 16.5. The molecule has 2 N–H and O–H groups in total. The van der Waals surface area contributed by atoms with Crippen LogP contribution in [0.25, 0.3) is 0 Å². The Balaban J connectivity index is 1.93. The van der Waals surface area contributed by atoms with Crippen LogP contribution in [0.2, 0.25) is 0 Å². The molecule has 0 spiro atoms. The first kappa shape index (κ1) is 19.8. The molecule has 1 fully saturated rings. The van der Waals surface area contributed by atoms with Crippen LogP contribution < -0.4 is 5.73 Å². The number of nitrogens with two attached hydrogens (primary N) is 1. The Hall–Kier alpha value is -1.57. The molecule has 0 saturated carbocycles. The van der Waals surface area contributed by atoms with E-state index in [9.17, 15) is 0 Å². The topological polar surface area (TPSA) is 56.3 Å². The Morgan fingerprint density at radius 2 is 1.92 bits per heavy atom. The fourth-order valence-electron chi connectivity index (χ4n) is 4.14. The Morgan fingerprint density at radius 3 is 2.44 bits per heavy atom. The summed E-state index contributed by atoms with van der Waals surface area (Å²) in [6.07, 6.45) is 6.22. The van der Waals surface area contributed by atoms with E-state index >= 15 is 0 Å². The highest BCUT2D eigenvalue weighted by Gasteiger charge is 2.27. The summed E-state index contributed by atoms with van der Waals surface area (Å²) in [5.41, 5.74) is 8.64. The van der Waals surface area contributed by atoms with Gasteiger partial charge in [0.2, 0.25) is 0 Å². The van der Waals surface area contributed by atoms with Gasteiger partial charge in [0.1, 0.15) is 0 Å². The lowest BCUT2D eigenvalue weighted by molar-refractivity contribution is 0.0670. The summed E-state index contributed by atoms with van der Waals surface area (Å²) in [6.45, 7) is 11.3. The minimum Gasteiger partial charge on any atom is -0.398 e. The Kier molecular flexibility index (Phi) is 7.74. The van der Waals surface area contributed by atoms with Gasteiger partial charge in [0.15, 0.2) is 0 Å². The molecule has 1 heterocycles. The van der Waals surface area contributed by atoms with Crippen molar-refractivity contribution >= 4 is 5.69 Å². The molecular formula is C21H34N4. The molecule has 0 radical (unpaired) electrons. The van der Waals surface area contributed by atoms with Crippen LogP contribution in [0, 0.1) is 11.3 Å². The van der Waals surface area contributed by atoms with Gasteiger partial charge in [-0.05, 0) is 69.4 Å². The van der Waals surface area contributed by atoms with E-state index in [-0.39, 0.29) is 0 Å². The molecule has 0 aliphatic carbocycles. The van der Waals surface area contributed by atoms with Crippen LogP contribution in [0.3, 0.4) is 0 Å². The number of hydrogen-bond acceptors (Lipinski definition) is 4. The van der Waals surface area contributed by atoms with E-state index in [0.717, 1.165) is 43.0 Å². The van der Waals surface area contributed by atoms with Gasteiger partial charge in [-0.25, -0.2) is 0 Å². The average Bonchev–Trinajstić information content (AvgIpc) is 2.64. The van der Waals surface area contributed by atoms with Crippen LogP contribution in [-0.2, 0) is 6.54 Å². The van der Waals surface area contributed by atoms with E-state index in [4.69, 9.17) is 11.0 Å². The van der Waals surface area contributed by atoms with Crippen LogP contribution in [0.5, 0.6) is 0 Å². The molecule has 4 heteroatoms. The second-order valence-corrected chi connectivity index (χ2v) is 7.24. The highest BCUT2D eigenvalue weighted by atomic mass is 15.2. The van der Waals surface area contributed by atoms with Crippen molar-refractivity contribution in [3.05, 3.63) is 29.3 Å². The van der Waals surface area contributed by atoms with Gasteiger partial charge >= 0.3 is 0 Å². The number of rotatable bonds is 8. The zero-order valence-corrected chi connectivity index (χ0v) is 16.2. The Bertz CT molecular complexity index is 566. The van der Waals surface area contributed by atoms with E-state index in [1.54, 1.807) is 6.07 Å². The third kappa shape index (κ3) is 5.20. The van der Waals surface area contributed by atoms with E-state index < -0.39 is 0 Å². The van der Waals surface area contributed by atoms with Gasteiger partial charge in [-0.15, -0.1) is 0 Å². The van der Waals surface area contributed by atoms with Crippen molar-refractivity contribution in [3.63, 3.8) is 0 Å². The second kappa shape index (κ2) is 9.79. The first-order valence-corrected chi connectivity index (χ1v) is 9.89. The highest BCUT2D eigenvalue weighted by molar-refractivity contribution is 5.52. The average molecular weight is 343 g/mol. The number of likely N-dealkylation sites (tertiary alicyclic amines) is 1. The number of benzene rings is 1. The van der Waals surface area contributed by atoms with Crippen LogP contribution in [0.15, 0.2) is 18.2 Å². The van der Waals surface area contributed by atoms with E-state index in [2.05, 4.69) is 36.6 Å². The van der Waals surface area contributed by atoms with E-state index in [1.807, 2.05) is 12.1 Å². The smallest absolute Gasteiger partial charge is 0.0992 e. The van der Waals surface area contributed by atoms with Gasteiger partial charge in [-0.3, -0.25) is 9.80 Å². The van der Waals surface area contributed by atoms with Crippen LogP contribution in [-0.4, -0.2) is 41.5 Å². The van der Waals surface area contributed by atoms with Crippen molar-refractivity contribution in [1.82, 2.24) is 9.80 Å². The van der Waals surface area contributed by atoms with E-state index in [0.29, 0.717) is 5.56 Å². The summed E-state index contributed by atoms with van der Waals surface area (Å²) < 4.78 is 0. The molecule has 0 bridgehead atoms. The summed E-state index contributed by atoms with van der Waals surface area (Å²) in [4.78, 5) is 5.28. The molecule has 0 aromatic heterocycles. The predicted molar refractivity (Wildman–Crippen MR) is 105 cm³/mol. The van der Waals surface area contributed by atoms with Gasteiger partial charge in [0.05, 0.1) is 11.6 Å². The zero-order valence-electron chi connectivity index (χ0n) is 16.2. The molecule has 4 nitrogen and oxygen atoms in total. The lowest BCUT2D eigenvalue weighted by atomic mass is 9.98. The Morgan fingerprint density at radius 1 is 1.24 bits per heavy atom. The zero-order chi connectivity index (χ0) is 18.2. The molecule has 0 atom stereocenters. The number of hydrogen-bond donors (Lipinski definition) is 1. The summed E-state index contributed by atoms with van der Waals surface area (Å²) in [6, 6.07) is 9.27. The van der Waals surface area contributed by atoms with Crippen LogP contribution >= 0.6 is 0 Å². The monoisotopic (exact) mass is 342 g/mol. The SMILES string of the molecule is CCCN(C(CC)CC)C1CCN(Cc2ccc(C#N)cc2N)CC1. The van der Waals surface area contributed by atoms with Crippen molar-refractivity contribution < 1.29 is 0 Å². The molecule has 138 valence electrons. The molecular weight excluding hydrogens is 308 g/mol. The summed E-state index contributed by atoms with van der Waals surface area (Å²) in [7, 11) is 0. The molecule has 0 unspecified atom stereocenters. The number of nitrogens with zero attached hydrogens (tertiary/aromatic N) is 3. The number of nitriles is 1. The van der Waals surface area contributed by atoms with Gasteiger partial charge in [0, 0.05) is 24.3 Å². The van der Waals surface area contributed by atoms with Crippen molar-refractivity contribution in [1.29, 1.82) is 5.26 Å². The van der Waals surface area contributed by atoms with Crippen molar-refractivity contribution in [2.45, 2.75) is 71.5 Å². The minimum atomic E-state index is 0.639. The molecule has 2 rings (SSSR count). The van der Waals surface area contributed by atoms with Gasteiger partial charge in [-0.2, -0.15) is 5.26 Å². The molecule has 25 heavy (non-hydrogen) atoms. The third-order valence-electron chi connectivity index (χ3n) is 5.59. The van der Waals surface area contributed by atoms with E-state index in [1.165, 1.54) is 38.6 Å². The van der Waals surface area contributed by atoms with Gasteiger partial charge in [0.25, 0.3) is 0 Å². The number of nitrogen functional groups attached to an aromatic ring is 1. The van der Waals surface area contributed by atoms with Crippen molar-refractivity contribution in [2.24, 2.45) is 0 Å². The lowest BCUT2D eigenvalue weighted by Crippen LogP contribution is -2.49. The summed E-state index contributed by atoms with van der Waals surface area (Å²) >= 11 is 0. The van der Waals surface area contributed by atoms with Crippen LogP contribution in [0.4, 0.5) is 5.69 Å². The summed E-state index contributed by atoms with van der Waals surface area (Å²) in [5, 5.41) is 8.96. The largest absolute Gasteiger partial charge is 0.398 e. The molecule has 1 aromatic rings. The van der Waals surface area contributed by atoms with Crippen LogP contribution in [0.1, 0.15) is 64.0 Å². The predicted octanol–water partition coefficient (Wildman–Crippen LogP) is 4.01. The molecule has 1 aromatic carbocycles. The molecule has 1 aliphatic rings. The quantitative estimate of drug-likeness (QED) is 0.725. The third-order valence-corrected chi connectivity index (χ3v) is 5.59. The molecule has 1 aliphatic heterocycles. The fraction of sp³-hybridized carbons (Fsp3) is 0.667. The van der Waals surface area contributed by atoms with Gasteiger partial charge in [-0.1, -0.05) is 26.8 Å². The minimum absolute atomic E-state index is 0.639. The second-order valence-electron chi connectivity index (χ2n) is 7.24. The fourth-order valence-corrected chi connectivity index (χ4v) is 4.14. The summed E-state index contributed by atoms with van der Waals surface area (Å²) in [5.74, 6) is 0. The van der Waals surface area contributed by atoms with Crippen molar-refractivity contribution in [3.8, 4) is 6.07 Å². The maximum Gasteiger partial charge on any atom is 0.0992 e. The molecule has 1 saturated heterocycles. The number of anilines is 1. The maximum absolute atomic E-state index is 8.96. The Labute approximate surface area is 153 Å². The molecule has 0 amide bonds. The lowest BCUT2D eigenvalue weighted by Gasteiger charge is -2.42. The standard InChI is InChI=1S/C21H34N4/c1-4-11-25(19(5-2)6-3)20-9-12-24(13-10-20)16-18-8-7-17(15-22)14-21(18)23/h7-8,14,19-20H,4-6,9-13,16,23H2,1-3H3. The first-order chi connectivity index (χ1) is 12.1. The van der Waals surface area contributed by atoms with Crippen molar-refractivity contribution in [2.75, 3.05) is 25.4 Å². The highest BCUT2D eigenvalue weighted by Crippen LogP contribution is 2.24. The first-order valence-electron chi connectivity index (χ1n) is 9.89. The maximum atomic E-state index is 8.96.